The Morgan fingerprint density at radius 2 is 2.25 bits per heavy atom. The Kier molecular flexibility index (Phi) is 3.78. The van der Waals surface area contributed by atoms with Crippen LogP contribution in [0, 0.1) is 15.9 Å². The molecular weight excluding hydrogens is 215 g/mol. The van der Waals surface area contributed by atoms with Gasteiger partial charge in [0.15, 0.2) is 0 Å². The molecule has 1 aromatic carbocycles. The van der Waals surface area contributed by atoms with Crippen LogP contribution >= 0.6 is 0 Å². The van der Waals surface area contributed by atoms with Crippen LogP contribution in [0.25, 0.3) is 0 Å². The van der Waals surface area contributed by atoms with Crippen molar-refractivity contribution < 1.29 is 14.4 Å². The van der Waals surface area contributed by atoms with E-state index in [9.17, 15) is 14.5 Å². The van der Waals surface area contributed by atoms with E-state index in [0.717, 1.165) is 6.07 Å². The number of halogens is 1. The number of likely N-dealkylation sites (N-methyl/N-ethyl adjacent to an activating group) is 1. The van der Waals surface area contributed by atoms with Crippen LogP contribution in [0.1, 0.15) is 6.92 Å². The molecule has 0 bridgehead atoms. The number of hydrogen-bond acceptors (Lipinski definition) is 4. The fraction of sp³-hybridized carbons (Fsp3) is 0.400. The highest BCUT2D eigenvalue weighted by molar-refractivity contribution is 5.63. The van der Waals surface area contributed by atoms with Gasteiger partial charge >= 0.3 is 5.69 Å². The third-order valence-electron chi connectivity index (χ3n) is 2.45. The number of rotatable bonds is 4. The molecule has 0 aliphatic rings. The number of nitro benzene ring substituents is 1. The SMILES string of the molecule is CC(CO)N(C)c1cccc(F)c1[N+](=O)[O-]. The van der Waals surface area contributed by atoms with Gasteiger partial charge in [0, 0.05) is 13.1 Å². The number of benzene rings is 1. The van der Waals surface area contributed by atoms with Crippen molar-refractivity contribution >= 4 is 11.4 Å². The molecule has 16 heavy (non-hydrogen) atoms. The number of nitro groups is 1. The van der Waals surface area contributed by atoms with Gasteiger partial charge in [-0.25, -0.2) is 0 Å². The molecule has 1 atom stereocenters. The number of nitrogens with zero attached hydrogens (tertiary/aromatic N) is 2. The fourth-order valence-corrected chi connectivity index (χ4v) is 1.33. The molecule has 1 aromatic rings. The Balaban J connectivity index is 3.22. The van der Waals surface area contributed by atoms with Crippen molar-refractivity contribution in [1.82, 2.24) is 0 Å². The van der Waals surface area contributed by atoms with Gasteiger partial charge in [-0.2, -0.15) is 4.39 Å². The highest BCUT2D eigenvalue weighted by atomic mass is 19.1. The van der Waals surface area contributed by atoms with Gasteiger partial charge in [0.1, 0.15) is 5.69 Å². The lowest BCUT2D eigenvalue weighted by atomic mass is 10.2. The minimum Gasteiger partial charge on any atom is -0.394 e. The van der Waals surface area contributed by atoms with Crippen LogP contribution in [0.15, 0.2) is 18.2 Å². The number of anilines is 1. The van der Waals surface area contributed by atoms with Gasteiger partial charge < -0.3 is 10.0 Å². The Hall–Kier alpha value is -1.69. The molecule has 0 saturated heterocycles. The summed E-state index contributed by atoms with van der Waals surface area (Å²) in [5.41, 5.74) is -0.406. The van der Waals surface area contributed by atoms with Crippen molar-refractivity contribution in [3.05, 3.63) is 34.1 Å². The lowest BCUT2D eigenvalue weighted by Crippen LogP contribution is -2.32. The summed E-state index contributed by atoms with van der Waals surface area (Å²) in [6.07, 6.45) is 0. The van der Waals surface area contributed by atoms with Crippen LogP contribution in [-0.4, -0.2) is 29.7 Å². The van der Waals surface area contributed by atoms with E-state index in [0.29, 0.717) is 0 Å². The second-order valence-corrected chi connectivity index (χ2v) is 3.51. The van der Waals surface area contributed by atoms with E-state index in [2.05, 4.69) is 0 Å². The predicted molar refractivity (Wildman–Crippen MR) is 58.0 cm³/mol. The molecule has 1 rings (SSSR count). The van der Waals surface area contributed by atoms with E-state index in [1.807, 2.05) is 0 Å². The lowest BCUT2D eigenvalue weighted by Gasteiger charge is -2.24. The standard InChI is InChI=1S/C10H13FN2O3/c1-7(6-14)12(2)9-5-3-4-8(11)10(9)13(15)16/h3-5,7,14H,6H2,1-2H3. The van der Waals surface area contributed by atoms with Gasteiger partial charge in [-0.05, 0) is 19.1 Å². The lowest BCUT2D eigenvalue weighted by molar-refractivity contribution is -0.386. The zero-order chi connectivity index (χ0) is 12.3. The van der Waals surface area contributed by atoms with Crippen molar-refractivity contribution in [3.63, 3.8) is 0 Å². The normalized spacial score (nSPS) is 12.2. The molecule has 0 spiro atoms. The molecule has 0 aliphatic heterocycles. The Labute approximate surface area is 92.3 Å². The maximum absolute atomic E-state index is 13.3. The molecule has 0 heterocycles. The second-order valence-electron chi connectivity index (χ2n) is 3.51. The summed E-state index contributed by atoms with van der Waals surface area (Å²) in [5.74, 6) is -0.875. The molecule has 1 unspecified atom stereocenters. The van der Waals surface area contributed by atoms with Crippen LogP contribution in [0.4, 0.5) is 15.8 Å². The second kappa shape index (κ2) is 4.89. The van der Waals surface area contributed by atoms with Gasteiger partial charge in [0.25, 0.3) is 0 Å². The maximum Gasteiger partial charge on any atom is 0.327 e. The Bertz CT molecular complexity index is 398. The van der Waals surface area contributed by atoms with Crippen LogP contribution in [0.2, 0.25) is 0 Å². The highest BCUT2D eigenvalue weighted by Crippen LogP contribution is 2.30. The Morgan fingerprint density at radius 1 is 1.62 bits per heavy atom. The molecule has 1 N–H and O–H groups in total. The summed E-state index contributed by atoms with van der Waals surface area (Å²) in [5, 5.41) is 19.7. The molecule has 5 nitrogen and oxygen atoms in total. The topological polar surface area (TPSA) is 66.6 Å². The minimum absolute atomic E-state index is 0.159. The van der Waals surface area contributed by atoms with Gasteiger partial charge in [-0.1, -0.05) is 6.07 Å². The van der Waals surface area contributed by atoms with E-state index in [1.165, 1.54) is 17.0 Å². The molecule has 0 fully saturated rings. The maximum atomic E-state index is 13.3. The molecule has 0 saturated carbocycles. The smallest absolute Gasteiger partial charge is 0.327 e. The van der Waals surface area contributed by atoms with Crippen molar-refractivity contribution in [3.8, 4) is 0 Å². The fourth-order valence-electron chi connectivity index (χ4n) is 1.33. The summed E-state index contributed by atoms with van der Waals surface area (Å²) >= 11 is 0. The molecule has 88 valence electrons. The molecule has 0 radical (unpaired) electrons. The average Bonchev–Trinajstić information content (AvgIpc) is 2.26. The molecule has 0 aliphatic carbocycles. The predicted octanol–water partition coefficient (Wildman–Crippen LogP) is 1.55. The van der Waals surface area contributed by atoms with Gasteiger partial charge in [-0.3, -0.25) is 10.1 Å². The van der Waals surface area contributed by atoms with Crippen molar-refractivity contribution in [2.24, 2.45) is 0 Å². The zero-order valence-electron chi connectivity index (χ0n) is 9.05. The van der Waals surface area contributed by atoms with Crippen molar-refractivity contribution in [2.45, 2.75) is 13.0 Å². The first-order valence-electron chi connectivity index (χ1n) is 4.75. The summed E-state index contributed by atoms with van der Waals surface area (Å²) < 4.78 is 13.3. The summed E-state index contributed by atoms with van der Waals surface area (Å²) in [4.78, 5) is 11.4. The van der Waals surface area contributed by atoms with E-state index in [4.69, 9.17) is 5.11 Å². The van der Waals surface area contributed by atoms with E-state index < -0.39 is 16.4 Å². The van der Waals surface area contributed by atoms with Crippen molar-refractivity contribution in [1.29, 1.82) is 0 Å². The Morgan fingerprint density at radius 3 is 2.75 bits per heavy atom. The van der Waals surface area contributed by atoms with Gasteiger partial charge in [0.05, 0.1) is 11.5 Å². The minimum atomic E-state index is -0.875. The van der Waals surface area contributed by atoms with Crippen LogP contribution in [-0.2, 0) is 0 Å². The van der Waals surface area contributed by atoms with Gasteiger partial charge in [0.2, 0.25) is 5.82 Å². The van der Waals surface area contributed by atoms with E-state index in [1.54, 1.807) is 14.0 Å². The molecule has 0 amide bonds. The van der Waals surface area contributed by atoms with Crippen molar-refractivity contribution in [2.75, 3.05) is 18.6 Å². The highest BCUT2D eigenvalue weighted by Gasteiger charge is 2.24. The van der Waals surface area contributed by atoms with Gasteiger partial charge in [-0.15, -0.1) is 0 Å². The molecular formula is C10H13FN2O3. The first-order chi connectivity index (χ1) is 7.49. The van der Waals surface area contributed by atoms with Crippen LogP contribution in [0.5, 0.6) is 0 Å². The summed E-state index contributed by atoms with van der Waals surface area (Å²) in [6.45, 7) is 1.53. The average molecular weight is 228 g/mol. The zero-order valence-corrected chi connectivity index (χ0v) is 9.05. The van der Waals surface area contributed by atoms with Crippen LogP contribution in [0.3, 0.4) is 0 Å². The number of aliphatic hydroxyl groups is 1. The molecule has 0 aromatic heterocycles. The number of aliphatic hydroxyl groups excluding tert-OH is 1. The third kappa shape index (κ3) is 2.27. The number of hydrogen-bond donors (Lipinski definition) is 1. The summed E-state index contributed by atoms with van der Waals surface area (Å²) in [6, 6.07) is 3.57. The quantitative estimate of drug-likeness (QED) is 0.627. The van der Waals surface area contributed by atoms with Crippen LogP contribution < -0.4 is 4.90 Å². The first-order valence-corrected chi connectivity index (χ1v) is 4.75. The largest absolute Gasteiger partial charge is 0.394 e. The molecule has 6 heteroatoms. The third-order valence-corrected chi connectivity index (χ3v) is 2.45. The number of para-hydroxylation sites is 1. The first kappa shape index (κ1) is 12.4. The monoisotopic (exact) mass is 228 g/mol. The summed E-state index contributed by atoms with van der Waals surface area (Å²) in [7, 11) is 1.57. The van der Waals surface area contributed by atoms with E-state index in [-0.39, 0.29) is 18.3 Å². The van der Waals surface area contributed by atoms with E-state index >= 15 is 0 Å².